The maximum Gasteiger partial charge on any atom is 0.195 e. The summed E-state index contributed by atoms with van der Waals surface area (Å²) in [6, 6.07) is 11.1. The van der Waals surface area contributed by atoms with E-state index in [2.05, 4.69) is 0 Å². The Morgan fingerprint density at radius 1 is 1.28 bits per heavy atom. The Labute approximate surface area is 153 Å². The average molecular weight is 377 g/mol. The van der Waals surface area contributed by atoms with Crippen LogP contribution in [0.15, 0.2) is 53.0 Å². The van der Waals surface area contributed by atoms with E-state index in [0.717, 1.165) is 4.88 Å². The Morgan fingerprint density at radius 3 is 2.84 bits per heavy atom. The van der Waals surface area contributed by atoms with Crippen LogP contribution in [0.25, 0.3) is 6.08 Å². The second-order valence-corrected chi connectivity index (χ2v) is 6.97. The van der Waals surface area contributed by atoms with E-state index in [0.29, 0.717) is 22.1 Å². The Kier molecular flexibility index (Phi) is 5.36. The number of halogens is 2. The molecule has 3 nitrogen and oxygen atoms in total. The molecule has 0 saturated carbocycles. The lowest BCUT2D eigenvalue weighted by Gasteiger charge is -2.05. The second-order valence-electron chi connectivity index (χ2n) is 5.28. The summed E-state index contributed by atoms with van der Waals surface area (Å²) in [6.45, 7) is 2.11. The van der Waals surface area contributed by atoms with Crippen molar-refractivity contribution in [3.8, 4) is 5.75 Å². The van der Waals surface area contributed by atoms with Gasteiger partial charge in [-0.25, -0.2) is 4.39 Å². The van der Waals surface area contributed by atoms with Crippen molar-refractivity contribution < 1.29 is 18.3 Å². The van der Waals surface area contributed by atoms with Crippen LogP contribution >= 0.6 is 22.9 Å². The monoisotopic (exact) mass is 376 g/mol. The third-order valence-corrected chi connectivity index (χ3v) is 4.64. The summed E-state index contributed by atoms with van der Waals surface area (Å²) in [6.07, 6.45) is 3.09. The number of thiophene rings is 1. The molecule has 0 atom stereocenters. The zero-order valence-corrected chi connectivity index (χ0v) is 14.9. The summed E-state index contributed by atoms with van der Waals surface area (Å²) >= 11 is 7.36. The average Bonchev–Trinajstić information content (AvgIpc) is 3.21. The quantitative estimate of drug-likeness (QED) is 0.396. The van der Waals surface area contributed by atoms with Gasteiger partial charge in [-0.15, -0.1) is 11.3 Å². The summed E-state index contributed by atoms with van der Waals surface area (Å²) in [5.74, 6) is 1.00. The molecule has 3 aromatic rings. The zero-order chi connectivity index (χ0) is 17.8. The highest BCUT2D eigenvalue weighted by Gasteiger charge is 2.07. The van der Waals surface area contributed by atoms with E-state index in [4.69, 9.17) is 20.8 Å². The molecule has 0 aliphatic heterocycles. The SMILES string of the molecule is Cc1ccc(C(=O)/C=C/c2ccc(COc3ccc(F)cc3Cl)o2)s1. The molecule has 0 amide bonds. The van der Waals surface area contributed by atoms with Crippen LogP contribution in [0.4, 0.5) is 4.39 Å². The van der Waals surface area contributed by atoms with Gasteiger partial charge in [0.15, 0.2) is 5.78 Å². The summed E-state index contributed by atoms with van der Waals surface area (Å²) < 4.78 is 24.1. The fourth-order valence-corrected chi connectivity index (χ4v) is 3.12. The normalized spacial score (nSPS) is 11.2. The number of hydrogen-bond acceptors (Lipinski definition) is 4. The molecule has 0 unspecified atom stereocenters. The molecule has 25 heavy (non-hydrogen) atoms. The lowest BCUT2D eigenvalue weighted by atomic mass is 10.3. The van der Waals surface area contributed by atoms with Crippen LogP contribution < -0.4 is 4.74 Å². The standard InChI is InChI=1S/C19H14ClFO3S/c1-12-2-9-19(25-12)17(22)7-6-14-4-5-15(24-14)11-23-18-8-3-13(21)10-16(18)20/h2-10H,11H2,1H3/b7-6+. The second kappa shape index (κ2) is 7.68. The fourth-order valence-electron chi connectivity index (χ4n) is 2.11. The van der Waals surface area contributed by atoms with Gasteiger partial charge in [0.2, 0.25) is 0 Å². The molecule has 128 valence electrons. The lowest BCUT2D eigenvalue weighted by Crippen LogP contribution is -1.94. The molecule has 0 radical (unpaired) electrons. The molecule has 0 fully saturated rings. The molecule has 0 spiro atoms. The van der Waals surface area contributed by atoms with Crippen molar-refractivity contribution in [1.82, 2.24) is 0 Å². The molecule has 0 saturated heterocycles. The maximum atomic E-state index is 13.0. The van der Waals surface area contributed by atoms with Gasteiger partial charge >= 0.3 is 0 Å². The number of carbonyl (C=O) groups is 1. The Hall–Kier alpha value is -2.37. The Balaban J connectivity index is 1.60. The van der Waals surface area contributed by atoms with Gasteiger partial charge in [-0.3, -0.25) is 4.79 Å². The van der Waals surface area contributed by atoms with Gasteiger partial charge in [-0.05, 0) is 61.5 Å². The van der Waals surface area contributed by atoms with Crippen molar-refractivity contribution in [2.24, 2.45) is 0 Å². The van der Waals surface area contributed by atoms with E-state index in [1.807, 2.05) is 13.0 Å². The first-order chi connectivity index (χ1) is 12.0. The lowest BCUT2D eigenvalue weighted by molar-refractivity contribution is 0.105. The minimum absolute atomic E-state index is 0.0644. The molecule has 2 aromatic heterocycles. The van der Waals surface area contributed by atoms with E-state index in [-0.39, 0.29) is 17.4 Å². The first-order valence-corrected chi connectivity index (χ1v) is 8.66. The minimum Gasteiger partial charge on any atom is -0.484 e. The van der Waals surface area contributed by atoms with Gasteiger partial charge in [0.05, 0.1) is 9.90 Å². The number of benzene rings is 1. The first-order valence-electron chi connectivity index (χ1n) is 7.47. The van der Waals surface area contributed by atoms with Crippen LogP contribution in [0.1, 0.15) is 26.1 Å². The molecule has 6 heteroatoms. The van der Waals surface area contributed by atoms with Crippen molar-refractivity contribution in [3.05, 3.63) is 80.7 Å². The van der Waals surface area contributed by atoms with Gasteiger partial charge in [-0.1, -0.05) is 11.6 Å². The van der Waals surface area contributed by atoms with E-state index in [9.17, 15) is 9.18 Å². The van der Waals surface area contributed by atoms with Crippen LogP contribution in [0.2, 0.25) is 5.02 Å². The number of hydrogen-bond donors (Lipinski definition) is 0. The predicted molar refractivity (Wildman–Crippen MR) is 96.9 cm³/mol. The molecule has 2 heterocycles. The third kappa shape index (κ3) is 4.59. The van der Waals surface area contributed by atoms with Crippen LogP contribution in [-0.4, -0.2) is 5.78 Å². The molecule has 3 rings (SSSR count). The number of carbonyl (C=O) groups excluding carboxylic acids is 1. The van der Waals surface area contributed by atoms with Gasteiger partial charge in [-0.2, -0.15) is 0 Å². The van der Waals surface area contributed by atoms with E-state index in [1.165, 1.54) is 35.6 Å². The summed E-state index contributed by atoms with van der Waals surface area (Å²) in [7, 11) is 0. The van der Waals surface area contributed by atoms with Crippen LogP contribution in [0, 0.1) is 12.7 Å². The molecule has 1 aromatic carbocycles. The Morgan fingerprint density at radius 2 is 2.12 bits per heavy atom. The summed E-state index contributed by atoms with van der Waals surface area (Å²) in [5.41, 5.74) is 0. The fraction of sp³-hybridized carbons (Fsp3) is 0.105. The van der Waals surface area contributed by atoms with Gasteiger partial charge in [0.25, 0.3) is 0 Å². The topological polar surface area (TPSA) is 39.4 Å². The highest BCUT2D eigenvalue weighted by molar-refractivity contribution is 7.14. The van der Waals surface area contributed by atoms with Crippen molar-refractivity contribution >= 4 is 34.8 Å². The zero-order valence-electron chi connectivity index (χ0n) is 13.3. The molecule has 0 aliphatic carbocycles. The number of rotatable bonds is 6. The van der Waals surface area contributed by atoms with Crippen LogP contribution in [-0.2, 0) is 6.61 Å². The van der Waals surface area contributed by atoms with Crippen molar-refractivity contribution in [2.75, 3.05) is 0 Å². The van der Waals surface area contributed by atoms with Crippen molar-refractivity contribution in [2.45, 2.75) is 13.5 Å². The largest absolute Gasteiger partial charge is 0.484 e. The molecular formula is C19H14ClFO3S. The van der Waals surface area contributed by atoms with E-state index < -0.39 is 5.82 Å². The van der Waals surface area contributed by atoms with Crippen molar-refractivity contribution in [1.29, 1.82) is 0 Å². The number of furan rings is 1. The van der Waals surface area contributed by atoms with Crippen molar-refractivity contribution in [3.63, 3.8) is 0 Å². The molecule has 0 bridgehead atoms. The third-order valence-electron chi connectivity index (χ3n) is 3.33. The molecule has 0 N–H and O–H groups in total. The van der Waals surface area contributed by atoms with E-state index >= 15 is 0 Å². The first kappa shape index (κ1) is 17.5. The predicted octanol–water partition coefficient (Wildman–Crippen LogP) is 5.92. The van der Waals surface area contributed by atoms with Gasteiger partial charge in [0.1, 0.15) is 29.7 Å². The number of ether oxygens (including phenoxy) is 1. The van der Waals surface area contributed by atoms with Crippen LogP contribution in [0.3, 0.4) is 0 Å². The number of allylic oxidation sites excluding steroid dienone is 1. The number of aryl methyl sites for hydroxylation is 1. The summed E-state index contributed by atoms with van der Waals surface area (Å²) in [5, 5.41) is 0.198. The minimum atomic E-state index is -0.423. The van der Waals surface area contributed by atoms with Crippen LogP contribution in [0.5, 0.6) is 5.75 Å². The van der Waals surface area contributed by atoms with Gasteiger partial charge < -0.3 is 9.15 Å². The highest BCUT2D eigenvalue weighted by atomic mass is 35.5. The maximum absolute atomic E-state index is 13.0. The smallest absolute Gasteiger partial charge is 0.195 e. The number of ketones is 1. The summed E-state index contributed by atoms with van der Waals surface area (Å²) in [4.78, 5) is 13.8. The Bertz CT molecular complexity index is 926. The molecule has 0 aliphatic rings. The van der Waals surface area contributed by atoms with E-state index in [1.54, 1.807) is 24.3 Å². The highest BCUT2D eigenvalue weighted by Crippen LogP contribution is 2.26. The molecular weight excluding hydrogens is 363 g/mol. The van der Waals surface area contributed by atoms with Gasteiger partial charge in [0, 0.05) is 4.88 Å².